The van der Waals surface area contributed by atoms with E-state index in [0.717, 1.165) is 27.5 Å². The van der Waals surface area contributed by atoms with Crippen LogP contribution in [0.2, 0.25) is 0 Å². The smallest absolute Gasteiger partial charge is 0.330 e. The van der Waals surface area contributed by atoms with Gasteiger partial charge in [-0.25, -0.2) is 17.9 Å². The van der Waals surface area contributed by atoms with Crippen LogP contribution < -0.4 is 15.0 Å². The van der Waals surface area contributed by atoms with Crippen LogP contribution in [-0.2, 0) is 26.0 Å². The van der Waals surface area contributed by atoms with Gasteiger partial charge in [0.2, 0.25) is 0 Å². The van der Waals surface area contributed by atoms with Crippen molar-refractivity contribution in [3.63, 3.8) is 0 Å². The summed E-state index contributed by atoms with van der Waals surface area (Å²) in [7, 11) is 0.886. The van der Waals surface area contributed by atoms with Crippen molar-refractivity contribution >= 4 is 27.3 Å². The predicted molar refractivity (Wildman–Crippen MR) is 141 cm³/mol. The van der Waals surface area contributed by atoms with Crippen molar-refractivity contribution < 1.29 is 22.7 Å². The fourth-order valence-corrected chi connectivity index (χ4v) is 6.45. The number of carbonyl (C=O) groups excluding carboxylic acids is 1. The van der Waals surface area contributed by atoms with E-state index in [4.69, 9.17) is 9.47 Å². The molecule has 10 nitrogen and oxygen atoms in total. The number of aromatic nitrogens is 1. The molecule has 2 atom stereocenters. The van der Waals surface area contributed by atoms with E-state index in [9.17, 15) is 13.2 Å². The Morgan fingerprint density at radius 2 is 1.89 bits per heavy atom. The Morgan fingerprint density at radius 3 is 2.54 bits per heavy atom. The van der Waals surface area contributed by atoms with Crippen LogP contribution in [0, 0.1) is 0 Å². The summed E-state index contributed by atoms with van der Waals surface area (Å²) in [5.41, 5.74) is 5.36. The van der Waals surface area contributed by atoms with E-state index >= 15 is 0 Å². The van der Waals surface area contributed by atoms with E-state index in [2.05, 4.69) is 15.2 Å². The number of carbonyl (C=O) groups is 1. The Bertz CT molecular complexity index is 1360. The quantitative estimate of drug-likeness (QED) is 0.373. The van der Waals surface area contributed by atoms with Crippen molar-refractivity contribution in [2.24, 2.45) is 0 Å². The van der Waals surface area contributed by atoms with Gasteiger partial charge in [-0.05, 0) is 48.9 Å². The Hall–Kier alpha value is -3.45. The highest BCUT2D eigenvalue weighted by molar-refractivity contribution is 7.91. The number of hydrogen-bond donors (Lipinski definition) is 2. The second kappa shape index (κ2) is 11.3. The van der Waals surface area contributed by atoms with Gasteiger partial charge < -0.3 is 9.47 Å². The van der Waals surface area contributed by atoms with Gasteiger partial charge in [0.15, 0.2) is 0 Å². The molecule has 0 bridgehead atoms. The Balaban J connectivity index is 1.50. The number of pyridine rings is 1. The van der Waals surface area contributed by atoms with Crippen LogP contribution in [0.3, 0.4) is 0 Å². The molecule has 0 saturated heterocycles. The minimum absolute atomic E-state index is 0.193. The lowest BCUT2D eigenvalue weighted by Crippen LogP contribution is -2.49. The first-order valence-electron chi connectivity index (χ1n) is 11.5. The highest BCUT2D eigenvalue weighted by atomic mass is 32.2. The lowest BCUT2D eigenvalue weighted by Gasteiger charge is -2.28. The Labute approximate surface area is 220 Å². The first-order valence-corrected chi connectivity index (χ1v) is 13.8. The zero-order valence-corrected chi connectivity index (χ0v) is 22.5. The molecule has 1 aliphatic rings. The summed E-state index contributed by atoms with van der Waals surface area (Å²) in [5.74, 6) is 0.293. The summed E-state index contributed by atoms with van der Waals surface area (Å²) in [4.78, 5) is 17.7. The second-order valence-corrected chi connectivity index (χ2v) is 11.4. The van der Waals surface area contributed by atoms with E-state index in [1.54, 1.807) is 55.6 Å². The average molecular weight is 544 g/mol. The van der Waals surface area contributed by atoms with Gasteiger partial charge in [-0.1, -0.05) is 18.2 Å². The zero-order valence-electron chi connectivity index (χ0n) is 20.9. The number of rotatable bonds is 10. The number of hydrazine groups is 2. The molecule has 2 aromatic heterocycles. The molecule has 4 rings (SSSR count). The SMILES string of the molecule is COC(=O)[C@H](Cc1ccc(OC)cc1)N1C=C([C@H](C)NS(=O)(=O)c2ccc(-c3ccccn3)s2)N(C)N1. The van der Waals surface area contributed by atoms with Crippen molar-refractivity contribution in [1.29, 1.82) is 0 Å². The number of thiophene rings is 1. The van der Waals surface area contributed by atoms with Crippen LogP contribution in [0.15, 0.2) is 76.9 Å². The molecule has 37 heavy (non-hydrogen) atoms. The number of nitrogens with one attached hydrogen (secondary N) is 2. The van der Waals surface area contributed by atoms with E-state index in [1.165, 1.54) is 7.11 Å². The van der Waals surface area contributed by atoms with Crippen LogP contribution in [-0.4, -0.2) is 62.7 Å². The fourth-order valence-electron chi connectivity index (χ4n) is 3.93. The molecule has 12 heteroatoms. The Kier molecular flexibility index (Phi) is 8.13. The Morgan fingerprint density at radius 1 is 1.14 bits per heavy atom. The number of benzene rings is 1. The van der Waals surface area contributed by atoms with Gasteiger partial charge in [-0.2, -0.15) is 0 Å². The highest BCUT2D eigenvalue weighted by Crippen LogP contribution is 2.30. The summed E-state index contributed by atoms with van der Waals surface area (Å²) in [6, 6.07) is 15.0. The molecule has 0 spiro atoms. The van der Waals surface area contributed by atoms with Crippen LogP contribution in [0.5, 0.6) is 5.75 Å². The molecule has 2 N–H and O–H groups in total. The standard InChI is InChI=1S/C25H29N5O5S2/c1-17(27-37(32,33)24-13-12-23(36-24)20-7-5-6-14-26-20)22-16-30(28-29(22)2)21(25(31)35-4)15-18-8-10-19(34-3)11-9-18/h5-14,16-17,21,27-28H,15H2,1-4H3/t17-,21-/m0/s1. The minimum Gasteiger partial charge on any atom is -0.497 e. The van der Waals surface area contributed by atoms with Crippen LogP contribution in [0.1, 0.15) is 12.5 Å². The largest absolute Gasteiger partial charge is 0.497 e. The monoisotopic (exact) mass is 543 g/mol. The van der Waals surface area contributed by atoms with Crippen molar-refractivity contribution in [2.45, 2.75) is 29.6 Å². The first-order chi connectivity index (χ1) is 17.7. The molecule has 0 aliphatic carbocycles. The van der Waals surface area contributed by atoms with Gasteiger partial charge in [0.05, 0.1) is 36.5 Å². The summed E-state index contributed by atoms with van der Waals surface area (Å²) in [6.45, 7) is 1.74. The van der Waals surface area contributed by atoms with Crippen molar-refractivity contribution in [3.8, 4) is 16.3 Å². The lowest BCUT2D eigenvalue weighted by molar-refractivity contribution is -0.147. The number of sulfonamides is 1. The molecule has 3 aromatic rings. The second-order valence-electron chi connectivity index (χ2n) is 8.39. The van der Waals surface area contributed by atoms with Gasteiger partial charge >= 0.3 is 5.97 Å². The fraction of sp³-hybridized carbons (Fsp3) is 0.280. The van der Waals surface area contributed by atoms with Gasteiger partial charge in [-0.3, -0.25) is 15.0 Å². The van der Waals surface area contributed by atoms with Crippen molar-refractivity contribution in [1.82, 2.24) is 25.3 Å². The number of methoxy groups -OCH3 is 2. The van der Waals surface area contributed by atoms with E-state index in [0.29, 0.717) is 17.8 Å². The van der Waals surface area contributed by atoms with Crippen molar-refractivity contribution in [3.05, 3.63) is 78.3 Å². The number of nitrogens with zero attached hydrogens (tertiary/aromatic N) is 3. The normalized spacial score (nSPS) is 15.3. The van der Waals surface area contributed by atoms with Gasteiger partial charge in [0, 0.05) is 25.9 Å². The third-order valence-electron chi connectivity index (χ3n) is 5.86. The van der Waals surface area contributed by atoms with Crippen LogP contribution in [0.25, 0.3) is 10.6 Å². The molecule has 0 amide bonds. The molecule has 0 saturated carbocycles. The highest BCUT2D eigenvalue weighted by Gasteiger charge is 2.33. The number of esters is 1. The summed E-state index contributed by atoms with van der Waals surface area (Å²) >= 11 is 1.15. The molecule has 0 radical (unpaired) electrons. The molecule has 3 heterocycles. The molecule has 196 valence electrons. The minimum atomic E-state index is -3.80. The van der Waals surface area contributed by atoms with E-state index in [-0.39, 0.29) is 4.21 Å². The molecule has 0 fully saturated rings. The molecule has 1 aliphatic heterocycles. The topological polar surface area (TPSA) is 113 Å². The first kappa shape index (κ1) is 26.6. The maximum Gasteiger partial charge on any atom is 0.330 e. The van der Waals surface area contributed by atoms with Gasteiger partial charge in [0.25, 0.3) is 10.0 Å². The van der Waals surface area contributed by atoms with Crippen LogP contribution >= 0.6 is 11.3 Å². The van der Waals surface area contributed by atoms with Crippen LogP contribution in [0.4, 0.5) is 0 Å². The third-order valence-corrected chi connectivity index (χ3v) is 9.00. The lowest BCUT2D eigenvalue weighted by atomic mass is 10.1. The number of hydrogen-bond acceptors (Lipinski definition) is 10. The number of likely N-dealkylation sites (N-methyl/N-ethyl adjacent to an activating group) is 1. The summed E-state index contributed by atoms with van der Waals surface area (Å²) < 4.78 is 39.4. The number of ether oxygens (including phenoxy) is 2. The zero-order chi connectivity index (χ0) is 26.6. The molecule has 1 aromatic carbocycles. The van der Waals surface area contributed by atoms with E-state index < -0.39 is 28.1 Å². The molecular weight excluding hydrogens is 514 g/mol. The maximum absolute atomic E-state index is 13.1. The van der Waals surface area contributed by atoms with Crippen molar-refractivity contribution in [2.75, 3.05) is 21.3 Å². The van der Waals surface area contributed by atoms with Gasteiger partial charge in [-0.15, -0.1) is 16.9 Å². The maximum atomic E-state index is 13.1. The summed E-state index contributed by atoms with van der Waals surface area (Å²) in [6.07, 6.45) is 3.75. The average Bonchev–Trinajstić information content (AvgIpc) is 3.55. The summed E-state index contributed by atoms with van der Waals surface area (Å²) in [5, 5.41) is 3.30. The van der Waals surface area contributed by atoms with Gasteiger partial charge in [0.1, 0.15) is 16.0 Å². The predicted octanol–water partition coefficient (Wildman–Crippen LogP) is 2.78. The molecule has 0 unspecified atom stereocenters. The van der Waals surface area contributed by atoms with E-state index in [1.807, 2.05) is 42.5 Å². The third kappa shape index (κ3) is 6.10. The molecular formula is C25H29N5O5S2.